The van der Waals surface area contributed by atoms with Crippen LogP contribution in [0.1, 0.15) is 18.1 Å². The molecule has 1 heterocycles. The highest BCUT2D eigenvalue weighted by atomic mass is 79.9. The second-order valence-electron chi connectivity index (χ2n) is 4.83. The molecule has 3 nitrogen and oxygen atoms in total. The van der Waals surface area contributed by atoms with Crippen LogP contribution in [0.25, 0.3) is 0 Å². The van der Waals surface area contributed by atoms with Crippen molar-refractivity contribution in [1.29, 1.82) is 0 Å². The van der Waals surface area contributed by atoms with Crippen molar-refractivity contribution >= 4 is 44.9 Å². The maximum Gasteiger partial charge on any atom is 0.121 e. The molecule has 0 spiro atoms. The Morgan fingerprint density at radius 2 is 2.00 bits per heavy atom. The number of aliphatic imine (C=N–C) groups is 2. The van der Waals surface area contributed by atoms with E-state index in [4.69, 9.17) is 10.7 Å². The van der Waals surface area contributed by atoms with E-state index in [2.05, 4.69) is 40.0 Å². The largest absolute Gasteiger partial charge is 0.386 e. The van der Waals surface area contributed by atoms with Gasteiger partial charge >= 0.3 is 0 Å². The van der Waals surface area contributed by atoms with Crippen molar-refractivity contribution in [3.05, 3.63) is 58.1 Å². The van der Waals surface area contributed by atoms with Crippen molar-refractivity contribution in [3.63, 3.8) is 0 Å². The van der Waals surface area contributed by atoms with Crippen LogP contribution in [0.2, 0.25) is 0 Å². The molecule has 0 saturated heterocycles. The Bertz CT molecular complexity index is 768. The van der Waals surface area contributed by atoms with Crippen LogP contribution in [-0.4, -0.2) is 23.8 Å². The van der Waals surface area contributed by atoms with Gasteiger partial charge in [-0.1, -0.05) is 47.1 Å². The van der Waals surface area contributed by atoms with Crippen LogP contribution in [0.4, 0.5) is 5.69 Å². The lowest BCUT2D eigenvalue weighted by atomic mass is 10.0. The number of fused-ring (bicyclic) bond motifs is 1. The molecule has 22 heavy (non-hydrogen) atoms. The summed E-state index contributed by atoms with van der Waals surface area (Å²) in [4.78, 5) is 10.5. The first-order valence-corrected chi connectivity index (χ1v) is 8.87. The SMILES string of the molecule is CCSc1cccc2c1C(c1ccccc1Br)=NCC(N)=N2. The van der Waals surface area contributed by atoms with E-state index >= 15 is 0 Å². The summed E-state index contributed by atoms with van der Waals surface area (Å²) in [5.41, 5.74) is 9.95. The average molecular weight is 374 g/mol. The van der Waals surface area contributed by atoms with Crippen LogP contribution in [0.5, 0.6) is 0 Å². The summed E-state index contributed by atoms with van der Waals surface area (Å²) in [5.74, 6) is 1.54. The quantitative estimate of drug-likeness (QED) is 0.810. The molecule has 3 rings (SSSR count). The molecule has 0 aliphatic carbocycles. The lowest BCUT2D eigenvalue weighted by Gasteiger charge is -2.14. The zero-order chi connectivity index (χ0) is 15.5. The van der Waals surface area contributed by atoms with Gasteiger partial charge in [0.2, 0.25) is 0 Å². The number of nitrogens with two attached hydrogens (primary N) is 1. The molecule has 0 aromatic heterocycles. The summed E-state index contributed by atoms with van der Waals surface area (Å²) in [5, 5.41) is 0. The predicted octanol–water partition coefficient (Wildman–Crippen LogP) is 4.40. The van der Waals surface area contributed by atoms with E-state index in [1.807, 2.05) is 30.3 Å². The molecular formula is C17H16BrN3S. The normalized spacial score (nSPS) is 13.9. The molecule has 5 heteroatoms. The summed E-state index contributed by atoms with van der Waals surface area (Å²) >= 11 is 5.43. The molecule has 0 radical (unpaired) electrons. The minimum absolute atomic E-state index is 0.418. The highest BCUT2D eigenvalue weighted by molar-refractivity contribution is 9.10. The van der Waals surface area contributed by atoms with Gasteiger partial charge in [-0.25, -0.2) is 4.99 Å². The van der Waals surface area contributed by atoms with Gasteiger partial charge in [0, 0.05) is 20.5 Å². The highest BCUT2D eigenvalue weighted by Crippen LogP contribution is 2.35. The number of amidine groups is 1. The van der Waals surface area contributed by atoms with Gasteiger partial charge in [-0.05, 0) is 24.0 Å². The van der Waals surface area contributed by atoms with Crippen LogP contribution in [0.15, 0.2) is 61.8 Å². The predicted molar refractivity (Wildman–Crippen MR) is 98.8 cm³/mol. The van der Waals surface area contributed by atoms with Crippen LogP contribution in [0.3, 0.4) is 0 Å². The molecule has 2 aromatic rings. The zero-order valence-corrected chi connectivity index (χ0v) is 14.6. The average Bonchev–Trinajstić information content (AvgIpc) is 2.67. The molecule has 2 N–H and O–H groups in total. The number of hydrogen-bond acceptors (Lipinski definition) is 4. The van der Waals surface area contributed by atoms with Gasteiger partial charge in [0.05, 0.1) is 17.9 Å². The van der Waals surface area contributed by atoms with E-state index in [0.717, 1.165) is 32.8 Å². The van der Waals surface area contributed by atoms with Crippen LogP contribution < -0.4 is 5.73 Å². The third-order valence-corrected chi connectivity index (χ3v) is 4.96. The molecule has 0 bridgehead atoms. The van der Waals surface area contributed by atoms with Gasteiger partial charge in [0.25, 0.3) is 0 Å². The lowest BCUT2D eigenvalue weighted by Crippen LogP contribution is -2.15. The molecule has 0 unspecified atom stereocenters. The number of rotatable bonds is 3. The Morgan fingerprint density at radius 3 is 2.77 bits per heavy atom. The first kappa shape index (κ1) is 15.3. The molecule has 0 amide bonds. The molecular weight excluding hydrogens is 358 g/mol. The van der Waals surface area contributed by atoms with E-state index in [1.54, 1.807) is 11.8 Å². The maximum absolute atomic E-state index is 5.98. The number of benzene rings is 2. The highest BCUT2D eigenvalue weighted by Gasteiger charge is 2.20. The van der Waals surface area contributed by atoms with E-state index in [0.29, 0.717) is 12.4 Å². The second kappa shape index (κ2) is 6.67. The fourth-order valence-corrected chi connectivity index (χ4v) is 3.73. The first-order chi connectivity index (χ1) is 10.7. The van der Waals surface area contributed by atoms with Gasteiger partial charge < -0.3 is 5.73 Å². The molecule has 1 aliphatic heterocycles. The van der Waals surface area contributed by atoms with E-state index in [1.165, 1.54) is 4.90 Å². The van der Waals surface area contributed by atoms with E-state index in [-0.39, 0.29) is 0 Å². The Hall–Kier alpha value is -1.59. The van der Waals surface area contributed by atoms with Gasteiger partial charge in [-0.2, -0.15) is 0 Å². The smallest absolute Gasteiger partial charge is 0.121 e. The van der Waals surface area contributed by atoms with Crippen molar-refractivity contribution in [1.82, 2.24) is 0 Å². The summed E-state index contributed by atoms with van der Waals surface area (Å²) in [6.45, 7) is 2.56. The Balaban J connectivity index is 2.25. The Labute approximate surface area is 142 Å². The minimum Gasteiger partial charge on any atom is -0.386 e. The number of nitrogens with zero attached hydrogens (tertiary/aromatic N) is 2. The number of thioether (sulfide) groups is 1. The van der Waals surface area contributed by atoms with Crippen molar-refractivity contribution in [3.8, 4) is 0 Å². The van der Waals surface area contributed by atoms with E-state index < -0.39 is 0 Å². The van der Waals surface area contributed by atoms with Crippen LogP contribution in [-0.2, 0) is 0 Å². The lowest BCUT2D eigenvalue weighted by molar-refractivity contribution is 1.26. The number of halogens is 1. The first-order valence-electron chi connectivity index (χ1n) is 7.09. The Kier molecular flexibility index (Phi) is 4.64. The van der Waals surface area contributed by atoms with Gasteiger partial charge in [-0.3, -0.25) is 4.99 Å². The summed E-state index contributed by atoms with van der Waals surface area (Å²) in [6, 6.07) is 14.3. The zero-order valence-electron chi connectivity index (χ0n) is 12.2. The summed E-state index contributed by atoms with van der Waals surface area (Å²) in [6.07, 6.45) is 0. The van der Waals surface area contributed by atoms with Gasteiger partial charge in [-0.15, -0.1) is 11.8 Å². The second-order valence-corrected chi connectivity index (χ2v) is 6.99. The topological polar surface area (TPSA) is 50.7 Å². The monoisotopic (exact) mass is 373 g/mol. The standard InChI is InChI=1S/C17H16BrN3S/c1-2-22-14-9-5-8-13-16(14)17(20-10-15(19)21-13)11-6-3-4-7-12(11)18/h3-9H,2,10H2,1H3,(H2,19,21). The van der Waals surface area contributed by atoms with Crippen molar-refractivity contribution in [2.24, 2.45) is 15.7 Å². The fourth-order valence-electron chi connectivity index (χ4n) is 2.43. The van der Waals surface area contributed by atoms with Gasteiger partial charge in [0.1, 0.15) is 5.84 Å². The molecule has 2 aromatic carbocycles. The van der Waals surface area contributed by atoms with Crippen LogP contribution >= 0.6 is 27.7 Å². The number of hydrogen-bond donors (Lipinski definition) is 1. The van der Waals surface area contributed by atoms with Crippen molar-refractivity contribution < 1.29 is 0 Å². The molecule has 0 saturated carbocycles. The Morgan fingerprint density at radius 1 is 1.18 bits per heavy atom. The van der Waals surface area contributed by atoms with E-state index in [9.17, 15) is 0 Å². The van der Waals surface area contributed by atoms with Gasteiger partial charge in [0.15, 0.2) is 0 Å². The molecule has 0 atom stereocenters. The molecule has 112 valence electrons. The summed E-state index contributed by atoms with van der Waals surface area (Å²) in [7, 11) is 0. The molecule has 1 aliphatic rings. The third kappa shape index (κ3) is 2.96. The fraction of sp³-hybridized carbons (Fsp3) is 0.176. The molecule has 0 fully saturated rings. The maximum atomic E-state index is 5.98. The third-order valence-electron chi connectivity index (χ3n) is 3.33. The van der Waals surface area contributed by atoms with Crippen molar-refractivity contribution in [2.45, 2.75) is 11.8 Å². The van der Waals surface area contributed by atoms with Crippen LogP contribution in [0, 0.1) is 0 Å². The summed E-state index contributed by atoms with van der Waals surface area (Å²) < 4.78 is 1.02. The minimum atomic E-state index is 0.418. The van der Waals surface area contributed by atoms with Crippen molar-refractivity contribution in [2.75, 3.05) is 12.3 Å².